The van der Waals surface area contributed by atoms with Gasteiger partial charge in [0.05, 0.1) is 24.8 Å². The minimum atomic E-state index is -0.990. The highest BCUT2D eigenvalue weighted by Gasteiger charge is 2.38. The van der Waals surface area contributed by atoms with Crippen molar-refractivity contribution in [2.45, 2.75) is 45.1 Å². The number of likely N-dealkylation sites (tertiary alicyclic amines) is 1. The topological polar surface area (TPSA) is 134 Å². The molecule has 1 heterocycles. The molecule has 0 bridgehead atoms. The number of methoxy groups -OCH3 is 1. The first-order chi connectivity index (χ1) is 17.1. The first-order valence-electron chi connectivity index (χ1n) is 12.2. The minimum Gasteiger partial charge on any atom is -0.495 e. The Balaban J connectivity index is 1.59. The fraction of sp³-hybridized carbons (Fsp3) is 0.444. The highest BCUT2D eigenvalue weighted by molar-refractivity contribution is 6.01. The number of para-hydroxylation sites is 1. The SMILES string of the molecule is COc1cc(CC(=O)C(C)(N)C2CCN(CCC(=O)O)CC2)ccc1NC(=O)Nc1ccccc1C. The third-order valence-electron chi connectivity index (χ3n) is 6.95. The van der Waals surface area contributed by atoms with Gasteiger partial charge in [0, 0.05) is 18.7 Å². The van der Waals surface area contributed by atoms with E-state index in [1.54, 1.807) is 25.1 Å². The van der Waals surface area contributed by atoms with Gasteiger partial charge >= 0.3 is 12.0 Å². The van der Waals surface area contributed by atoms with Gasteiger partial charge in [-0.15, -0.1) is 0 Å². The quantitative estimate of drug-likeness (QED) is 0.394. The summed E-state index contributed by atoms with van der Waals surface area (Å²) in [5, 5.41) is 14.5. The third kappa shape index (κ3) is 7.05. The first kappa shape index (κ1) is 27.2. The number of Topliss-reactive ketones (excluding diaryl/α,β-unsaturated/α-hetero) is 1. The number of hydrogen-bond donors (Lipinski definition) is 4. The van der Waals surface area contributed by atoms with Crippen molar-refractivity contribution in [3.05, 3.63) is 53.6 Å². The number of carboxylic acids is 1. The van der Waals surface area contributed by atoms with Crippen molar-refractivity contribution in [2.75, 3.05) is 37.4 Å². The van der Waals surface area contributed by atoms with E-state index >= 15 is 0 Å². The smallest absolute Gasteiger partial charge is 0.323 e. The number of ether oxygens (including phenoxy) is 1. The van der Waals surface area contributed by atoms with Crippen LogP contribution in [0.1, 0.15) is 37.3 Å². The van der Waals surface area contributed by atoms with E-state index in [-0.39, 0.29) is 24.5 Å². The van der Waals surface area contributed by atoms with Crippen molar-refractivity contribution >= 4 is 29.2 Å². The van der Waals surface area contributed by atoms with Gasteiger partial charge in [-0.25, -0.2) is 4.79 Å². The maximum absolute atomic E-state index is 13.2. The molecule has 1 fully saturated rings. The number of nitrogens with zero attached hydrogens (tertiary/aromatic N) is 1. The zero-order valence-corrected chi connectivity index (χ0v) is 21.2. The predicted molar refractivity (Wildman–Crippen MR) is 140 cm³/mol. The summed E-state index contributed by atoms with van der Waals surface area (Å²) < 4.78 is 5.46. The van der Waals surface area contributed by atoms with Crippen LogP contribution < -0.4 is 21.1 Å². The fourth-order valence-corrected chi connectivity index (χ4v) is 4.55. The lowest BCUT2D eigenvalue weighted by Gasteiger charge is -2.39. The number of carboxylic acid groups (broad SMARTS) is 1. The zero-order chi connectivity index (χ0) is 26.3. The Hall–Kier alpha value is -3.43. The van der Waals surface area contributed by atoms with Gasteiger partial charge in [0.25, 0.3) is 0 Å². The van der Waals surface area contributed by atoms with E-state index in [0.717, 1.165) is 37.1 Å². The van der Waals surface area contributed by atoms with E-state index < -0.39 is 17.5 Å². The second kappa shape index (κ2) is 12.0. The van der Waals surface area contributed by atoms with Crippen LogP contribution >= 0.6 is 0 Å². The summed E-state index contributed by atoms with van der Waals surface area (Å²) in [6.07, 6.45) is 1.77. The lowest BCUT2D eigenvalue weighted by atomic mass is 9.75. The average Bonchev–Trinajstić information content (AvgIpc) is 2.85. The van der Waals surface area contributed by atoms with Gasteiger partial charge in [-0.05, 0) is 75.0 Å². The van der Waals surface area contributed by atoms with Crippen LogP contribution in [-0.2, 0) is 16.0 Å². The molecule has 1 atom stereocenters. The molecule has 1 unspecified atom stereocenters. The van der Waals surface area contributed by atoms with E-state index in [4.69, 9.17) is 15.6 Å². The number of nitrogens with two attached hydrogens (primary N) is 1. The summed E-state index contributed by atoms with van der Waals surface area (Å²) in [5.41, 5.74) is 8.45. The van der Waals surface area contributed by atoms with Crippen LogP contribution in [0.25, 0.3) is 0 Å². The highest BCUT2D eigenvalue weighted by Crippen LogP contribution is 2.30. The van der Waals surface area contributed by atoms with Gasteiger partial charge < -0.3 is 31.1 Å². The molecular formula is C27H36N4O5. The maximum atomic E-state index is 13.2. The van der Waals surface area contributed by atoms with Crippen molar-refractivity contribution in [3.8, 4) is 5.75 Å². The van der Waals surface area contributed by atoms with Crippen molar-refractivity contribution in [1.82, 2.24) is 4.90 Å². The normalized spacial score (nSPS) is 16.1. The second-order valence-corrected chi connectivity index (χ2v) is 9.57. The fourth-order valence-electron chi connectivity index (χ4n) is 4.55. The number of urea groups is 1. The zero-order valence-electron chi connectivity index (χ0n) is 21.2. The molecular weight excluding hydrogens is 460 g/mol. The molecule has 0 radical (unpaired) electrons. The largest absolute Gasteiger partial charge is 0.495 e. The molecule has 0 saturated carbocycles. The number of nitrogens with one attached hydrogen (secondary N) is 2. The number of anilines is 2. The van der Waals surface area contributed by atoms with E-state index in [2.05, 4.69) is 15.5 Å². The molecule has 2 aromatic rings. The highest BCUT2D eigenvalue weighted by atomic mass is 16.5. The molecule has 2 aromatic carbocycles. The molecule has 36 heavy (non-hydrogen) atoms. The second-order valence-electron chi connectivity index (χ2n) is 9.57. The van der Waals surface area contributed by atoms with Crippen molar-refractivity contribution in [2.24, 2.45) is 11.7 Å². The number of carbonyl (C=O) groups is 3. The Morgan fingerprint density at radius 1 is 1.11 bits per heavy atom. The van der Waals surface area contributed by atoms with E-state index in [1.165, 1.54) is 7.11 Å². The van der Waals surface area contributed by atoms with Gasteiger partial charge in [-0.2, -0.15) is 0 Å². The molecule has 2 amide bonds. The number of carbonyl (C=O) groups excluding carboxylic acids is 2. The molecule has 0 aromatic heterocycles. The monoisotopic (exact) mass is 496 g/mol. The van der Waals surface area contributed by atoms with Crippen LogP contribution in [0.3, 0.4) is 0 Å². The Morgan fingerprint density at radius 2 is 1.78 bits per heavy atom. The van der Waals surface area contributed by atoms with Crippen LogP contribution in [0.15, 0.2) is 42.5 Å². The summed E-state index contributed by atoms with van der Waals surface area (Å²) in [4.78, 5) is 38.6. The van der Waals surface area contributed by atoms with Crippen LogP contribution in [-0.4, -0.2) is 60.1 Å². The van der Waals surface area contributed by atoms with Gasteiger partial charge in [0.2, 0.25) is 0 Å². The Labute approximate surface area is 212 Å². The average molecular weight is 497 g/mol. The molecule has 1 aliphatic rings. The van der Waals surface area contributed by atoms with Gasteiger partial charge in [0.15, 0.2) is 5.78 Å². The number of aliphatic carboxylic acids is 1. The predicted octanol–water partition coefficient (Wildman–Crippen LogP) is 3.66. The van der Waals surface area contributed by atoms with Crippen LogP contribution in [0, 0.1) is 12.8 Å². The van der Waals surface area contributed by atoms with Gasteiger partial charge in [-0.3, -0.25) is 9.59 Å². The number of rotatable bonds is 10. The number of amides is 2. The van der Waals surface area contributed by atoms with Gasteiger partial charge in [-0.1, -0.05) is 24.3 Å². The lowest BCUT2D eigenvalue weighted by Crippen LogP contribution is -2.55. The van der Waals surface area contributed by atoms with Crippen LogP contribution in [0.5, 0.6) is 5.75 Å². The summed E-state index contributed by atoms with van der Waals surface area (Å²) in [5.74, 6) is -0.393. The van der Waals surface area contributed by atoms with E-state index in [1.807, 2.05) is 31.2 Å². The molecule has 0 aliphatic carbocycles. The van der Waals surface area contributed by atoms with Crippen molar-refractivity contribution < 1.29 is 24.2 Å². The van der Waals surface area contributed by atoms with Crippen molar-refractivity contribution in [1.29, 1.82) is 0 Å². The standard InChI is InChI=1S/C27H36N4O5/c1-18-6-4-5-7-21(18)29-26(35)30-22-9-8-19(16-23(22)36-3)17-24(32)27(2,28)20-10-13-31(14-11-20)15-12-25(33)34/h4-9,16,20H,10-15,17,28H2,1-3H3,(H,33,34)(H2,29,30,35). The molecule has 9 nitrogen and oxygen atoms in total. The van der Waals surface area contributed by atoms with E-state index in [9.17, 15) is 14.4 Å². The molecule has 0 spiro atoms. The van der Waals surface area contributed by atoms with E-state index in [0.29, 0.717) is 23.7 Å². The molecule has 9 heteroatoms. The van der Waals surface area contributed by atoms with Crippen LogP contribution in [0.2, 0.25) is 0 Å². The van der Waals surface area contributed by atoms with Gasteiger partial charge in [0.1, 0.15) is 5.75 Å². The number of aryl methyl sites for hydroxylation is 1. The summed E-state index contributed by atoms with van der Waals surface area (Å²) in [6.45, 7) is 5.68. The third-order valence-corrected chi connectivity index (χ3v) is 6.95. The Bertz CT molecular complexity index is 1090. The Kier molecular flexibility index (Phi) is 9.06. The number of hydrogen-bond acceptors (Lipinski definition) is 6. The lowest BCUT2D eigenvalue weighted by molar-refractivity contribution is -0.137. The summed E-state index contributed by atoms with van der Waals surface area (Å²) in [7, 11) is 1.51. The summed E-state index contributed by atoms with van der Waals surface area (Å²) >= 11 is 0. The van der Waals surface area contributed by atoms with Crippen LogP contribution in [0.4, 0.5) is 16.2 Å². The molecule has 1 saturated heterocycles. The number of ketones is 1. The Morgan fingerprint density at radius 3 is 2.42 bits per heavy atom. The number of benzene rings is 2. The maximum Gasteiger partial charge on any atom is 0.323 e. The first-order valence-corrected chi connectivity index (χ1v) is 12.2. The molecule has 194 valence electrons. The number of piperidine rings is 1. The van der Waals surface area contributed by atoms with Crippen molar-refractivity contribution in [3.63, 3.8) is 0 Å². The molecule has 3 rings (SSSR count). The summed E-state index contributed by atoms with van der Waals surface area (Å²) in [6, 6.07) is 12.3. The minimum absolute atomic E-state index is 0.0269. The molecule has 1 aliphatic heterocycles. The molecule has 5 N–H and O–H groups in total.